The highest BCUT2D eigenvalue weighted by molar-refractivity contribution is 6.30. The van der Waals surface area contributed by atoms with Crippen LogP contribution in [0.15, 0.2) is 24.3 Å². The summed E-state index contributed by atoms with van der Waals surface area (Å²) in [5, 5.41) is 0.662. The van der Waals surface area contributed by atoms with E-state index in [1.54, 1.807) is 17.0 Å². The summed E-state index contributed by atoms with van der Waals surface area (Å²) in [4.78, 5) is 27.8. The highest BCUT2D eigenvalue weighted by Gasteiger charge is 2.36. The van der Waals surface area contributed by atoms with Crippen LogP contribution in [0.1, 0.15) is 18.4 Å². The molecule has 1 saturated heterocycles. The van der Waals surface area contributed by atoms with E-state index in [0.29, 0.717) is 30.6 Å². The van der Waals surface area contributed by atoms with Crippen LogP contribution >= 0.6 is 11.6 Å². The van der Waals surface area contributed by atoms with Gasteiger partial charge in [0.25, 0.3) is 0 Å². The molecule has 1 aliphatic carbocycles. The summed E-state index contributed by atoms with van der Waals surface area (Å²) < 4.78 is 0. The van der Waals surface area contributed by atoms with Crippen molar-refractivity contribution in [1.29, 1.82) is 0 Å². The van der Waals surface area contributed by atoms with E-state index in [0.717, 1.165) is 18.4 Å². The molecule has 1 heterocycles. The number of piperazine rings is 1. The molecule has 0 aromatic heterocycles. The van der Waals surface area contributed by atoms with Crippen molar-refractivity contribution in [1.82, 2.24) is 9.80 Å². The lowest BCUT2D eigenvalue weighted by Gasteiger charge is -2.34. The Morgan fingerprint density at radius 2 is 1.90 bits per heavy atom. The van der Waals surface area contributed by atoms with Crippen molar-refractivity contribution in [2.24, 2.45) is 0 Å². The molecular weight excluding hydrogens is 276 g/mol. The summed E-state index contributed by atoms with van der Waals surface area (Å²) in [6, 6.07) is 7.70. The molecular formula is C15H17ClN2O2. The normalized spacial score (nSPS) is 19.4. The third kappa shape index (κ3) is 2.96. The number of nitrogens with zero attached hydrogens (tertiary/aromatic N) is 2. The Bertz CT molecular complexity index is 525. The molecule has 4 nitrogen and oxygen atoms in total. The molecule has 2 aliphatic rings. The SMILES string of the molecule is O=C(Cc1ccc(Cl)cc1)N1CCN(C2CC2)C(=O)C1. The van der Waals surface area contributed by atoms with Gasteiger partial charge in [0.15, 0.2) is 0 Å². The minimum atomic E-state index is 0.0103. The van der Waals surface area contributed by atoms with Gasteiger partial charge in [-0.1, -0.05) is 23.7 Å². The van der Waals surface area contributed by atoms with E-state index in [-0.39, 0.29) is 18.4 Å². The Hall–Kier alpha value is -1.55. The van der Waals surface area contributed by atoms with Crippen molar-refractivity contribution >= 4 is 23.4 Å². The minimum Gasteiger partial charge on any atom is -0.336 e. The molecule has 1 aliphatic heterocycles. The number of carbonyl (C=O) groups excluding carboxylic acids is 2. The highest BCUT2D eigenvalue weighted by atomic mass is 35.5. The van der Waals surface area contributed by atoms with Crippen molar-refractivity contribution in [2.75, 3.05) is 19.6 Å². The van der Waals surface area contributed by atoms with Gasteiger partial charge in [-0.05, 0) is 30.5 Å². The first kappa shape index (κ1) is 13.4. The number of rotatable bonds is 3. The van der Waals surface area contributed by atoms with E-state index >= 15 is 0 Å². The Kier molecular flexibility index (Phi) is 3.66. The van der Waals surface area contributed by atoms with Gasteiger partial charge in [0.1, 0.15) is 0 Å². The fraction of sp³-hybridized carbons (Fsp3) is 0.467. The highest BCUT2D eigenvalue weighted by Crippen LogP contribution is 2.28. The second kappa shape index (κ2) is 5.44. The van der Waals surface area contributed by atoms with Crippen LogP contribution in [0.2, 0.25) is 5.02 Å². The van der Waals surface area contributed by atoms with Crippen LogP contribution in [0.5, 0.6) is 0 Å². The van der Waals surface area contributed by atoms with Gasteiger partial charge < -0.3 is 9.80 Å². The zero-order valence-corrected chi connectivity index (χ0v) is 12.0. The summed E-state index contributed by atoms with van der Waals surface area (Å²) in [5.41, 5.74) is 0.927. The van der Waals surface area contributed by atoms with Crippen molar-refractivity contribution in [3.8, 4) is 0 Å². The largest absolute Gasteiger partial charge is 0.336 e. The topological polar surface area (TPSA) is 40.6 Å². The summed E-state index contributed by atoms with van der Waals surface area (Å²) in [6.07, 6.45) is 2.56. The van der Waals surface area contributed by atoms with Gasteiger partial charge in [-0.3, -0.25) is 9.59 Å². The first-order chi connectivity index (χ1) is 9.63. The zero-order valence-electron chi connectivity index (χ0n) is 11.2. The van der Waals surface area contributed by atoms with E-state index in [2.05, 4.69) is 0 Å². The summed E-state index contributed by atoms with van der Waals surface area (Å²) in [5.74, 6) is 0.0966. The molecule has 0 unspecified atom stereocenters. The molecule has 2 fully saturated rings. The van der Waals surface area contributed by atoms with Gasteiger partial charge in [0.2, 0.25) is 11.8 Å². The summed E-state index contributed by atoms with van der Waals surface area (Å²) >= 11 is 5.82. The van der Waals surface area contributed by atoms with Crippen LogP contribution < -0.4 is 0 Å². The van der Waals surface area contributed by atoms with Gasteiger partial charge in [-0.25, -0.2) is 0 Å². The Morgan fingerprint density at radius 3 is 2.50 bits per heavy atom. The smallest absolute Gasteiger partial charge is 0.242 e. The summed E-state index contributed by atoms with van der Waals surface area (Å²) in [6.45, 7) is 1.55. The molecule has 5 heteroatoms. The van der Waals surface area contributed by atoms with Crippen LogP contribution in [0, 0.1) is 0 Å². The van der Waals surface area contributed by atoms with Crippen molar-refractivity contribution in [2.45, 2.75) is 25.3 Å². The molecule has 0 radical (unpaired) electrons. The Balaban J connectivity index is 1.57. The first-order valence-corrected chi connectivity index (χ1v) is 7.33. The quantitative estimate of drug-likeness (QED) is 0.851. The Labute approximate surface area is 123 Å². The first-order valence-electron chi connectivity index (χ1n) is 6.95. The van der Waals surface area contributed by atoms with Crippen molar-refractivity contribution < 1.29 is 9.59 Å². The van der Waals surface area contributed by atoms with Gasteiger partial charge >= 0.3 is 0 Å². The second-order valence-corrected chi connectivity index (χ2v) is 5.87. The van der Waals surface area contributed by atoms with Crippen molar-refractivity contribution in [3.05, 3.63) is 34.9 Å². The molecule has 20 heavy (non-hydrogen) atoms. The van der Waals surface area contributed by atoms with Crippen LogP contribution in [0.25, 0.3) is 0 Å². The molecule has 0 atom stereocenters. The van der Waals surface area contributed by atoms with Crippen LogP contribution in [-0.4, -0.2) is 47.3 Å². The molecule has 1 aromatic rings. The molecule has 3 rings (SSSR count). The maximum atomic E-state index is 12.2. The van der Waals surface area contributed by atoms with Crippen LogP contribution in [-0.2, 0) is 16.0 Å². The van der Waals surface area contributed by atoms with Crippen molar-refractivity contribution in [3.63, 3.8) is 0 Å². The number of amides is 2. The number of halogens is 1. The number of benzene rings is 1. The maximum Gasteiger partial charge on any atom is 0.242 e. The van der Waals surface area contributed by atoms with E-state index in [4.69, 9.17) is 11.6 Å². The molecule has 1 aromatic carbocycles. The molecule has 2 amide bonds. The third-order valence-corrected chi connectivity index (χ3v) is 4.12. The van der Waals surface area contributed by atoms with E-state index in [9.17, 15) is 9.59 Å². The minimum absolute atomic E-state index is 0.0103. The van der Waals surface area contributed by atoms with Crippen LogP contribution in [0.4, 0.5) is 0 Å². The van der Waals surface area contributed by atoms with Gasteiger partial charge in [0, 0.05) is 24.2 Å². The lowest BCUT2D eigenvalue weighted by Crippen LogP contribution is -2.53. The number of hydrogen-bond acceptors (Lipinski definition) is 2. The molecule has 0 N–H and O–H groups in total. The molecule has 1 saturated carbocycles. The number of hydrogen-bond donors (Lipinski definition) is 0. The van der Waals surface area contributed by atoms with E-state index in [1.807, 2.05) is 17.0 Å². The average molecular weight is 293 g/mol. The predicted molar refractivity (Wildman–Crippen MR) is 76.5 cm³/mol. The second-order valence-electron chi connectivity index (χ2n) is 5.44. The fourth-order valence-corrected chi connectivity index (χ4v) is 2.69. The monoisotopic (exact) mass is 292 g/mol. The maximum absolute atomic E-state index is 12.2. The predicted octanol–water partition coefficient (Wildman–Crippen LogP) is 1.72. The molecule has 0 bridgehead atoms. The van der Waals surface area contributed by atoms with Gasteiger partial charge in [-0.2, -0.15) is 0 Å². The Morgan fingerprint density at radius 1 is 1.20 bits per heavy atom. The van der Waals surface area contributed by atoms with E-state index < -0.39 is 0 Å². The summed E-state index contributed by atoms with van der Waals surface area (Å²) in [7, 11) is 0. The van der Waals surface area contributed by atoms with Gasteiger partial charge in [0.05, 0.1) is 13.0 Å². The molecule has 0 spiro atoms. The van der Waals surface area contributed by atoms with Gasteiger partial charge in [-0.15, -0.1) is 0 Å². The molecule has 106 valence electrons. The fourth-order valence-electron chi connectivity index (χ4n) is 2.56. The number of carbonyl (C=O) groups is 2. The van der Waals surface area contributed by atoms with E-state index in [1.165, 1.54) is 0 Å². The standard InChI is InChI=1S/C15H17ClN2O2/c16-12-3-1-11(2-4-12)9-14(19)17-7-8-18(13-5-6-13)15(20)10-17/h1-4,13H,5-10H2. The third-order valence-electron chi connectivity index (χ3n) is 3.87. The lowest BCUT2D eigenvalue weighted by atomic mass is 10.1. The average Bonchev–Trinajstić information content (AvgIpc) is 3.25. The lowest BCUT2D eigenvalue weighted by molar-refractivity contribution is -0.145. The zero-order chi connectivity index (χ0) is 14.1. The van der Waals surface area contributed by atoms with Crippen LogP contribution in [0.3, 0.4) is 0 Å².